The van der Waals surface area contributed by atoms with Gasteiger partial charge in [-0.05, 0) is 23.9 Å². The second-order valence-corrected chi connectivity index (χ2v) is 3.26. The van der Waals surface area contributed by atoms with Crippen LogP contribution >= 0.6 is 11.8 Å². The summed E-state index contributed by atoms with van der Waals surface area (Å²) in [5.74, 6) is 0. The van der Waals surface area contributed by atoms with Crippen LogP contribution in [0.15, 0.2) is 29.2 Å². The van der Waals surface area contributed by atoms with Crippen LogP contribution in [0.4, 0.5) is 13.2 Å². The lowest BCUT2D eigenvalue weighted by Gasteiger charge is -2.04. The summed E-state index contributed by atoms with van der Waals surface area (Å²) in [7, 11) is 5.30. The van der Waals surface area contributed by atoms with Crippen LogP contribution in [0, 0.1) is 0 Å². The lowest BCUT2D eigenvalue weighted by atomic mass is 9.97. The maximum absolute atomic E-state index is 11.8. The highest BCUT2D eigenvalue weighted by Gasteiger charge is 2.28. The smallest absolute Gasteiger partial charge is 0.160 e. The largest absolute Gasteiger partial charge is 0.446 e. The maximum atomic E-state index is 11.8. The van der Waals surface area contributed by atoms with Gasteiger partial charge in [0.2, 0.25) is 0 Å². The Bertz CT molecular complexity index is 254. The average Bonchev–Trinajstić information content (AvgIpc) is 1.91. The summed E-state index contributed by atoms with van der Waals surface area (Å²) < 4.78 is 35.3. The summed E-state index contributed by atoms with van der Waals surface area (Å²) in [5, 5.41) is 0. The van der Waals surface area contributed by atoms with E-state index >= 15 is 0 Å². The molecule has 5 heteroatoms. The Morgan fingerprint density at radius 3 is 2.00 bits per heavy atom. The van der Waals surface area contributed by atoms with Crippen molar-refractivity contribution in [1.29, 1.82) is 0 Å². The third kappa shape index (κ3) is 3.22. The number of hydrogen-bond donors (Lipinski definition) is 0. The molecule has 62 valence electrons. The van der Waals surface area contributed by atoms with Gasteiger partial charge in [0, 0.05) is 4.90 Å². The van der Waals surface area contributed by atoms with Gasteiger partial charge in [0.1, 0.15) is 7.85 Å². The molecule has 0 nitrogen and oxygen atoms in total. The van der Waals surface area contributed by atoms with Gasteiger partial charge in [0.15, 0.2) is 0 Å². The van der Waals surface area contributed by atoms with Crippen molar-refractivity contribution in [3.63, 3.8) is 0 Å². The topological polar surface area (TPSA) is 0 Å². The molecule has 0 aliphatic rings. The molecule has 0 aliphatic carbocycles. The third-order valence-corrected chi connectivity index (χ3v) is 1.85. The first-order chi connectivity index (χ1) is 5.47. The summed E-state index contributed by atoms with van der Waals surface area (Å²) in [4.78, 5) is 0.150. The molecule has 0 saturated heterocycles. The van der Waals surface area contributed by atoms with Gasteiger partial charge in [-0.3, -0.25) is 0 Å². The minimum Gasteiger partial charge on any atom is -0.160 e. The molecule has 0 amide bonds. The minimum atomic E-state index is -4.23. The van der Waals surface area contributed by atoms with E-state index in [-0.39, 0.29) is 16.7 Å². The molecule has 0 heterocycles. The first-order valence-electron chi connectivity index (χ1n) is 3.09. The molecule has 0 unspecified atom stereocenters. The molecule has 1 aromatic rings. The lowest BCUT2D eigenvalue weighted by molar-refractivity contribution is -0.0328. The zero-order chi connectivity index (χ0) is 9.19. The van der Waals surface area contributed by atoms with Crippen molar-refractivity contribution in [2.45, 2.75) is 10.4 Å². The first kappa shape index (κ1) is 9.51. The van der Waals surface area contributed by atoms with Crippen molar-refractivity contribution in [2.24, 2.45) is 0 Å². The quantitative estimate of drug-likeness (QED) is 0.480. The molecule has 0 atom stereocenters. The van der Waals surface area contributed by atoms with Crippen LogP contribution in [-0.2, 0) is 0 Å². The fraction of sp³-hybridized carbons (Fsp3) is 0.143. The predicted octanol–water partition coefficient (Wildman–Crippen LogP) is 2.09. The number of alkyl halides is 3. The van der Waals surface area contributed by atoms with Crippen molar-refractivity contribution in [3.05, 3.63) is 24.3 Å². The van der Waals surface area contributed by atoms with E-state index in [1.165, 1.54) is 24.3 Å². The van der Waals surface area contributed by atoms with Gasteiger partial charge in [-0.15, -0.1) is 0 Å². The van der Waals surface area contributed by atoms with Crippen LogP contribution in [-0.4, -0.2) is 13.4 Å². The average molecular weight is 188 g/mol. The zero-order valence-corrected chi connectivity index (χ0v) is 6.75. The Morgan fingerprint density at radius 1 is 1.08 bits per heavy atom. The summed E-state index contributed by atoms with van der Waals surface area (Å²) in [5.41, 5.74) is -3.77. The van der Waals surface area contributed by atoms with Gasteiger partial charge in [0.25, 0.3) is 0 Å². The van der Waals surface area contributed by atoms with Gasteiger partial charge < -0.3 is 0 Å². The van der Waals surface area contributed by atoms with E-state index in [0.29, 0.717) is 5.46 Å². The SMILES string of the molecule is [B]c1ccc(SC(F)(F)F)cc1. The minimum absolute atomic E-state index is 0.146. The summed E-state index contributed by atoms with van der Waals surface area (Å²) in [6, 6.07) is 5.56. The van der Waals surface area contributed by atoms with E-state index in [2.05, 4.69) is 0 Å². The summed E-state index contributed by atoms with van der Waals surface area (Å²) in [6.45, 7) is 0. The normalized spacial score (nSPS) is 11.6. The van der Waals surface area contributed by atoms with Gasteiger partial charge in [-0.2, -0.15) is 13.2 Å². The van der Waals surface area contributed by atoms with E-state index in [1.54, 1.807) is 0 Å². The standard InChI is InChI=1S/C7H4BF3S/c8-5-1-3-6(4-2-5)12-7(9,10)11/h1-4H. The van der Waals surface area contributed by atoms with E-state index in [0.717, 1.165) is 0 Å². The van der Waals surface area contributed by atoms with Crippen LogP contribution in [0.3, 0.4) is 0 Å². The number of thioether (sulfide) groups is 1. The van der Waals surface area contributed by atoms with E-state index < -0.39 is 5.51 Å². The molecule has 0 N–H and O–H groups in total. The van der Waals surface area contributed by atoms with Crippen LogP contribution in [0.1, 0.15) is 0 Å². The van der Waals surface area contributed by atoms with Crippen molar-refractivity contribution >= 4 is 25.1 Å². The molecule has 0 aliphatic heterocycles. The fourth-order valence-corrected chi connectivity index (χ4v) is 1.21. The zero-order valence-electron chi connectivity index (χ0n) is 5.93. The van der Waals surface area contributed by atoms with E-state index in [4.69, 9.17) is 7.85 Å². The van der Waals surface area contributed by atoms with Gasteiger partial charge in [0.05, 0.1) is 0 Å². The highest BCUT2D eigenvalue weighted by Crippen LogP contribution is 2.36. The highest BCUT2D eigenvalue weighted by atomic mass is 32.2. The highest BCUT2D eigenvalue weighted by molar-refractivity contribution is 8.00. The van der Waals surface area contributed by atoms with E-state index in [9.17, 15) is 13.2 Å². The molecule has 0 spiro atoms. The number of halogens is 3. The van der Waals surface area contributed by atoms with E-state index in [1.807, 2.05) is 0 Å². The van der Waals surface area contributed by atoms with Crippen molar-refractivity contribution in [1.82, 2.24) is 0 Å². The number of hydrogen-bond acceptors (Lipinski definition) is 1. The maximum Gasteiger partial charge on any atom is 0.446 e. The Kier molecular flexibility index (Phi) is 2.72. The first-order valence-corrected chi connectivity index (χ1v) is 3.90. The summed E-state index contributed by atoms with van der Waals surface area (Å²) >= 11 is -0.146. The van der Waals surface area contributed by atoms with Crippen LogP contribution in [0.2, 0.25) is 0 Å². The van der Waals surface area contributed by atoms with Gasteiger partial charge in [-0.1, -0.05) is 17.6 Å². The molecule has 12 heavy (non-hydrogen) atoms. The van der Waals surface area contributed by atoms with Crippen molar-refractivity contribution < 1.29 is 13.2 Å². The molecule has 0 aromatic heterocycles. The Labute approximate surface area is 73.6 Å². The second kappa shape index (κ2) is 3.43. The van der Waals surface area contributed by atoms with Gasteiger partial charge in [-0.25, -0.2) is 0 Å². The fourth-order valence-electron chi connectivity index (χ4n) is 0.669. The molecular weight excluding hydrogens is 184 g/mol. The Balaban J connectivity index is 2.71. The molecule has 0 saturated carbocycles. The van der Waals surface area contributed by atoms with Crippen molar-refractivity contribution in [3.8, 4) is 0 Å². The monoisotopic (exact) mass is 188 g/mol. The van der Waals surface area contributed by atoms with Crippen molar-refractivity contribution in [2.75, 3.05) is 0 Å². The Morgan fingerprint density at radius 2 is 1.58 bits per heavy atom. The molecule has 0 bridgehead atoms. The van der Waals surface area contributed by atoms with Crippen LogP contribution < -0.4 is 5.46 Å². The number of benzene rings is 1. The Hall–Kier alpha value is -0.575. The lowest BCUT2D eigenvalue weighted by Crippen LogP contribution is -2.02. The predicted molar refractivity (Wildman–Crippen MR) is 43.7 cm³/mol. The van der Waals surface area contributed by atoms with Gasteiger partial charge >= 0.3 is 5.51 Å². The van der Waals surface area contributed by atoms with Crippen LogP contribution in [0.25, 0.3) is 0 Å². The molecule has 0 fully saturated rings. The molecule has 1 aromatic carbocycles. The second-order valence-electron chi connectivity index (χ2n) is 2.12. The number of rotatable bonds is 1. The third-order valence-electron chi connectivity index (χ3n) is 1.11. The molecule has 1 rings (SSSR count). The molecular formula is C7H4BF3S. The molecule has 2 radical (unpaired) electrons. The summed E-state index contributed by atoms with van der Waals surface area (Å²) in [6.07, 6.45) is 0. The van der Waals surface area contributed by atoms with Crippen LogP contribution in [0.5, 0.6) is 0 Å².